The van der Waals surface area contributed by atoms with Crippen molar-refractivity contribution in [2.45, 2.75) is 76.0 Å². The molecule has 10 heteroatoms. The molecule has 0 bridgehead atoms. The highest BCUT2D eigenvalue weighted by atomic mass is 16.8. The summed E-state index contributed by atoms with van der Waals surface area (Å²) in [6.45, 7) is 6.97. The molecule has 6 fully saturated rings. The zero-order chi connectivity index (χ0) is 21.8. The van der Waals surface area contributed by atoms with Gasteiger partial charge in [-0.15, -0.1) is 0 Å². The standard InChI is InChI=1S/C20H24O10/c1-6-12(23)27-7-5-17-11-8(21)9(16(2,3)4)18(17)10(22)13(24)29-15(18)30-20(17,14(25)28-11)19(6,7)26/h6-11,15,21-22,26H,5H2,1-4H3/t6-,7+,8-,9-,10+,11-,15+,17-,18+,19-,20-/m1/s1. The number of fused-ring (bicyclic) bond motifs is 1. The topological polar surface area (TPSA) is 149 Å². The largest absolute Gasteiger partial charge is 0.459 e. The number of esters is 3. The van der Waals surface area contributed by atoms with Gasteiger partial charge in [0.25, 0.3) is 0 Å². The van der Waals surface area contributed by atoms with Gasteiger partial charge in [0.2, 0.25) is 11.9 Å². The number of ether oxygens (including phenoxy) is 4. The van der Waals surface area contributed by atoms with Crippen LogP contribution in [-0.2, 0) is 33.3 Å². The Kier molecular flexibility index (Phi) is 2.97. The first-order valence-electron chi connectivity index (χ1n) is 10.2. The molecular weight excluding hydrogens is 400 g/mol. The Balaban J connectivity index is 1.71. The van der Waals surface area contributed by atoms with E-state index in [0.717, 1.165) is 0 Å². The number of carbonyl (C=O) groups excluding carboxylic acids is 3. The summed E-state index contributed by atoms with van der Waals surface area (Å²) < 4.78 is 22.6. The number of carbonyl (C=O) groups is 3. The average molecular weight is 424 g/mol. The zero-order valence-corrected chi connectivity index (χ0v) is 16.9. The summed E-state index contributed by atoms with van der Waals surface area (Å²) >= 11 is 0. The summed E-state index contributed by atoms with van der Waals surface area (Å²) in [4.78, 5) is 38.2. The highest BCUT2D eigenvalue weighted by molar-refractivity contribution is 5.93. The predicted octanol–water partition coefficient (Wildman–Crippen LogP) is -1.37. The van der Waals surface area contributed by atoms with E-state index in [0.29, 0.717) is 0 Å². The maximum atomic E-state index is 13.4. The summed E-state index contributed by atoms with van der Waals surface area (Å²) in [6.07, 6.45) is -6.73. The zero-order valence-electron chi connectivity index (χ0n) is 16.9. The van der Waals surface area contributed by atoms with Gasteiger partial charge in [0.05, 0.1) is 22.9 Å². The van der Waals surface area contributed by atoms with Crippen LogP contribution >= 0.6 is 0 Å². The van der Waals surface area contributed by atoms with E-state index < -0.39 is 87.9 Å². The second kappa shape index (κ2) is 4.69. The summed E-state index contributed by atoms with van der Waals surface area (Å²) in [5, 5.41) is 34.4. The Labute approximate surface area is 171 Å². The van der Waals surface area contributed by atoms with Crippen LogP contribution in [0.2, 0.25) is 0 Å². The number of hydrogen-bond acceptors (Lipinski definition) is 10. The maximum absolute atomic E-state index is 13.4. The van der Waals surface area contributed by atoms with Crippen molar-refractivity contribution in [3.05, 3.63) is 0 Å². The minimum Gasteiger partial charge on any atom is -0.459 e. The van der Waals surface area contributed by atoms with E-state index in [1.54, 1.807) is 0 Å². The first-order valence-corrected chi connectivity index (χ1v) is 10.2. The van der Waals surface area contributed by atoms with E-state index in [-0.39, 0.29) is 6.42 Å². The fourth-order valence-electron chi connectivity index (χ4n) is 8.22. The molecule has 0 aromatic carbocycles. The molecule has 0 aromatic heterocycles. The van der Waals surface area contributed by atoms with Crippen LogP contribution in [0.25, 0.3) is 0 Å². The molecule has 0 unspecified atom stereocenters. The Morgan fingerprint density at radius 1 is 1.03 bits per heavy atom. The number of aliphatic hydroxyl groups excluding tert-OH is 2. The van der Waals surface area contributed by atoms with Gasteiger partial charge in [0, 0.05) is 12.3 Å². The lowest BCUT2D eigenvalue weighted by atomic mass is 9.51. The van der Waals surface area contributed by atoms with Crippen LogP contribution in [0, 0.1) is 28.1 Å². The van der Waals surface area contributed by atoms with Crippen LogP contribution in [0.1, 0.15) is 34.1 Å². The van der Waals surface area contributed by atoms with Gasteiger partial charge in [0.15, 0.2) is 11.7 Å². The Bertz CT molecular complexity index is 925. The highest BCUT2D eigenvalue weighted by Crippen LogP contribution is 2.84. The van der Waals surface area contributed by atoms with Gasteiger partial charge in [-0.2, -0.15) is 0 Å². The number of rotatable bonds is 0. The van der Waals surface area contributed by atoms with Crippen LogP contribution in [-0.4, -0.2) is 75.1 Å². The molecule has 6 aliphatic rings. The SMILES string of the molecule is C[C@@H]1C(=O)O[C@H]2C[C@]34[C@@H]5OC(=O)[C@]3(O[C@@H]3OC(=O)[C@H](O)[C@@]34[C@@H](C(C)(C)C)[C@H]5O)[C@]21O. The van der Waals surface area contributed by atoms with Crippen molar-refractivity contribution in [3.63, 3.8) is 0 Å². The van der Waals surface area contributed by atoms with Gasteiger partial charge < -0.3 is 34.3 Å². The Morgan fingerprint density at radius 3 is 2.33 bits per heavy atom. The van der Waals surface area contributed by atoms with Crippen molar-refractivity contribution in [1.82, 2.24) is 0 Å². The van der Waals surface area contributed by atoms with Crippen molar-refractivity contribution in [2.24, 2.45) is 28.1 Å². The normalized spacial score (nSPS) is 60.1. The predicted molar refractivity (Wildman–Crippen MR) is 92.0 cm³/mol. The van der Waals surface area contributed by atoms with Crippen LogP contribution in [0.4, 0.5) is 0 Å². The van der Waals surface area contributed by atoms with Gasteiger partial charge in [-0.1, -0.05) is 20.8 Å². The molecule has 2 saturated carbocycles. The van der Waals surface area contributed by atoms with Crippen molar-refractivity contribution < 1.29 is 48.7 Å². The van der Waals surface area contributed by atoms with E-state index in [1.165, 1.54) is 6.92 Å². The molecule has 2 aliphatic carbocycles. The molecule has 164 valence electrons. The smallest absolute Gasteiger partial charge is 0.342 e. The van der Waals surface area contributed by atoms with Gasteiger partial charge in [0.1, 0.15) is 12.2 Å². The monoisotopic (exact) mass is 424 g/mol. The van der Waals surface area contributed by atoms with Gasteiger partial charge in [-0.05, 0) is 12.3 Å². The van der Waals surface area contributed by atoms with Crippen molar-refractivity contribution in [2.75, 3.05) is 0 Å². The van der Waals surface area contributed by atoms with Crippen molar-refractivity contribution in [1.29, 1.82) is 0 Å². The van der Waals surface area contributed by atoms with E-state index in [9.17, 15) is 29.7 Å². The summed E-state index contributed by atoms with van der Waals surface area (Å²) in [6, 6.07) is 0. The highest BCUT2D eigenvalue weighted by Gasteiger charge is 3.02. The van der Waals surface area contributed by atoms with E-state index in [2.05, 4.69) is 0 Å². The van der Waals surface area contributed by atoms with Crippen molar-refractivity contribution in [3.8, 4) is 0 Å². The molecule has 4 heterocycles. The molecular formula is C20H24O10. The number of hydrogen-bond donors (Lipinski definition) is 3. The van der Waals surface area contributed by atoms with E-state index in [4.69, 9.17) is 18.9 Å². The molecule has 4 aliphatic heterocycles. The molecule has 30 heavy (non-hydrogen) atoms. The van der Waals surface area contributed by atoms with E-state index >= 15 is 0 Å². The summed E-state index contributed by atoms with van der Waals surface area (Å²) in [7, 11) is 0. The fraction of sp³-hybridized carbons (Fsp3) is 0.850. The van der Waals surface area contributed by atoms with E-state index in [1.807, 2.05) is 20.8 Å². The summed E-state index contributed by atoms with van der Waals surface area (Å²) in [5.74, 6) is -4.43. The molecule has 4 saturated heterocycles. The lowest BCUT2D eigenvalue weighted by molar-refractivity contribution is -0.239. The first kappa shape index (κ1) is 19.0. The molecule has 0 aromatic rings. The Morgan fingerprint density at radius 2 is 1.70 bits per heavy atom. The van der Waals surface area contributed by atoms with Crippen molar-refractivity contribution >= 4 is 17.9 Å². The molecule has 2 spiro atoms. The Hall–Kier alpha value is -1.75. The lowest BCUT2D eigenvalue weighted by Crippen LogP contribution is -2.66. The third kappa shape index (κ3) is 1.35. The van der Waals surface area contributed by atoms with Crippen LogP contribution in [0.15, 0.2) is 0 Å². The molecule has 3 N–H and O–H groups in total. The third-order valence-electron chi connectivity index (χ3n) is 8.91. The van der Waals surface area contributed by atoms with Crippen LogP contribution < -0.4 is 0 Å². The van der Waals surface area contributed by atoms with Crippen LogP contribution in [0.3, 0.4) is 0 Å². The third-order valence-corrected chi connectivity index (χ3v) is 8.91. The molecule has 0 amide bonds. The van der Waals surface area contributed by atoms with Crippen LogP contribution in [0.5, 0.6) is 0 Å². The fourth-order valence-corrected chi connectivity index (χ4v) is 8.22. The molecule has 10 nitrogen and oxygen atoms in total. The van der Waals surface area contributed by atoms with Gasteiger partial charge in [-0.3, -0.25) is 4.79 Å². The quantitative estimate of drug-likeness (QED) is 0.314. The molecule has 6 rings (SSSR count). The molecule has 0 radical (unpaired) electrons. The minimum atomic E-state index is -2.12. The minimum absolute atomic E-state index is 0.107. The lowest BCUT2D eigenvalue weighted by Gasteiger charge is -2.46. The second-order valence-corrected chi connectivity index (χ2v) is 10.7. The van der Waals surface area contributed by atoms with Gasteiger partial charge in [-0.25, -0.2) is 9.59 Å². The average Bonchev–Trinajstić information content (AvgIpc) is 3.32. The summed E-state index contributed by atoms with van der Waals surface area (Å²) in [5.41, 5.74) is -7.95. The maximum Gasteiger partial charge on any atom is 0.342 e. The first-order chi connectivity index (χ1) is 13.8. The second-order valence-electron chi connectivity index (χ2n) is 10.7. The number of aliphatic hydroxyl groups is 3. The van der Waals surface area contributed by atoms with Gasteiger partial charge >= 0.3 is 17.9 Å². The molecule has 11 atom stereocenters.